The topological polar surface area (TPSA) is 91.2 Å². The number of hydrogen-bond acceptors (Lipinski definition) is 6. The van der Waals surface area contributed by atoms with Gasteiger partial charge in [-0.25, -0.2) is 14.6 Å². The third kappa shape index (κ3) is 5.27. The van der Waals surface area contributed by atoms with Gasteiger partial charge >= 0.3 is 0 Å². The molecule has 4 aromatic rings. The first-order valence-electron chi connectivity index (χ1n) is 9.28. The smallest absolute Gasteiger partial charge is 0.250 e. The summed E-state index contributed by atoms with van der Waals surface area (Å²) >= 11 is 0. The van der Waals surface area contributed by atoms with Crippen LogP contribution in [0.25, 0.3) is 5.82 Å². The lowest BCUT2D eigenvalue weighted by molar-refractivity contribution is -0.121. The predicted molar refractivity (Wildman–Crippen MR) is 110 cm³/mol. The van der Waals surface area contributed by atoms with E-state index in [-0.39, 0.29) is 12.5 Å². The highest BCUT2D eigenvalue weighted by molar-refractivity contribution is 5.91. The Morgan fingerprint density at radius 2 is 1.83 bits per heavy atom. The molecule has 0 aliphatic heterocycles. The second kappa shape index (κ2) is 9.44. The van der Waals surface area contributed by atoms with Gasteiger partial charge in [0.1, 0.15) is 18.7 Å². The standard InChI is InChI=1S/C22H19N5O3/c28-21(15-29-14-17-5-2-1-3-6-17)26-18-7-9-19(10-8-18)30-22-13-20(23-16-24-22)27-12-4-11-25-27/h1-13,16H,14-15H2,(H,26,28). The number of ether oxygens (including phenoxy) is 2. The highest BCUT2D eigenvalue weighted by Gasteiger charge is 2.06. The van der Waals surface area contributed by atoms with Crippen LogP contribution in [0.5, 0.6) is 11.6 Å². The molecule has 1 amide bonds. The fraction of sp³-hybridized carbons (Fsp3) is 0.0909. The van der Waals surface area contributed by atoms with Crippen LogP contribution < -0.4 is 10.1 Å². The Hall–Kier alpha value is -4.04. The van der Waals surface area contributed by atoms with Gasteiger partial charge in [-0.05, 0) is 35.9 Å². The Balaban J connectivity index is 1.29. The summed E-state index contributed by atoms with van der Waals surface area (Å²) in [5.41, 5.74) is 1.67. The zero-order valence-corrected chi connectivity index (χ0v) is 16.0. The molecule has 2 aromatic carbocycles. The quantitative estimate of drug-likeness (QED) is 0.485. The van der Waals surface area contributed by atoms with Gasteiger partial charge in [-0.3, -0.25) is 4.79 Å². The number of carbonyl (C=O) groups excluding carboxylic acids is 1. The summed E-state index contributed by atoms with van der Waals surface area (Å²) in [7, 11) is 0. The lowest BCUT2D eigenvalue weighted by Crippen LogP contribution is -2.18. The third-order valence-electron chi connectivity index (χ3n) is 4.07. The molecule has 0 atom stereocenters. The minimum atomic E-state index is -0.223. The van der Waals surface area contributed by atoms with Crippen LogP contribution in [0.4, 0.5) is 5.69 Å². The van der Waals surface area contributed by atoms with Crippen molar-refractivity contribution in [2.75, 3.05) is 11.9 Å². The molecule has 1 N–H and O–H groups in total. The molecular formula is C22H19N5O3. The van der Waals surface area contributed by atoms with E-state index in [0.29, 0.717) is 29.7 Å². The first-order valence-corrected chi connectivity index (χ1v) is 9.28. The number of amides is 1. The Morgan fingerprint density at radius 3 is 2.60 bits per heavy atom. The molecule has 0 saturated carbocycles. The lowest BCUT2D eigenvalue weighted by atomic mass is 10.2. The first kappa shape index (κ1) is 19.3. The molecule has 0 unspecified atom stereocenters. The van der Waals surface area contributed by atoms with Crippen LogP contribution in [-0.4, -0.2) is 32.3 Å². The lowest BCUT2D eigenvalue weighted by Gasteiger charge is -2.09. The van der Waals surface area contributed by atoms with Crippen molar-refractivity contribution in [1.29, 1.82) is 0 Å². The number of aromatic nitrogens is 4. The highest BCUT2D eigenvalue weighted by atomic mass is 16.5. The van der Waals surface area contributed by atoms with E-state index in [1.54, 1.807) is 47.4 Å². The largest absolute Gasteiger partial charge is 0.439 e. The van der Waals surface area contributed by atoms with E-state index >= 15 is 0 Å². The molecule has 0 fully saturated rings. The van der Waals surface area contributed by atoms with Crippen LogP contribution in [0.3, 0.4) is 0 Å². The van der Waals surface area contributed by atoms with Gasteiger partial charge in [0.25, 0.3) is 0 Å². The molecule has 150 valence electrons. The van der Waals surface area contributed by atoms with Crippen LogP contribution in [0.2, 0.25) is 0 Å². The molecule has 0 bridgehead atoms. The van der Waals surface area contributed by atoms with Crippen molar-refractivity contribution in [3.8, 4) is 17.4 Å². The van der Waals surface area contributed by atoms with Gasteiger partial charge in [-0.15, -0.1) is 0 Å². The number of anilines is 1. The van der Waals surface area contributed by atoms with E-state index < -0.39 is 0 Å². The van der Waals surface area contributed by atoms with Gasteiger partial charge in [0.15, 0.2) is 5.82 Å². The molecule has 30 heavy (non-hydrogen) atoms. The Labute approximate surface area is 173 Å². The Kier molecular flexibility index (Phi) is 6.07. The number of hydrogen-bond donors (Lipinski definition) is 1. The van der Waals surface area contributed by atoms with E-state index in [2.05, 4.69) is 20.4 Å². The molecular weight excluding hydrogens is 382 g/mol. The molecule has 0 saturated heterocycles. The normalized spacial score (nSPS) is 10.5. The summed E-state index contributed by atoms with van der Waals surface area (Å²) < 4.78 is 12.8. The molecule has 8 nitrogen and oxygen atoms in total. The monoisotopic (exact) mass is 401 g/mol. The van der Waals surface area contributed by atoms with Crippen LogP contribution in [0.15, 0.2) is 85.5 Å². The molecule has 0 spiro atoms. The van der Waals surface area contributed by atoms with Crippen LogP contribution in [0, 0.1) is 0 Å². The first-order chi connectivity index (χ1) is 14.8. The molecule has 0 radical (unpaired) electrons. The number of benzene rings is 2. The van der Waals surface area contributed by atoms with Gasteiger partial charge < -0.3 is 14.8 Å². The second-order valence-corrected chi connectivity index (χ2v) is 6.32. The van der Waals surface area contributed by atoms with Gasteiger partial charge in [0, 0.05) is 24.1 Å². The maximum Gasteiger partial charge on any atom is 0.250 e. The average Bonchev–Trinajstić information content (AvgIpc) is 3.31. The van der Waals surface area contributed by atoms with Crippen LogP contribution in [-0.2, 0) is 16.1 Å². The van der Waals surface area contributed by atoms with E-state index in [1.807, 2.05) is 36.4 Å². The third-order valence-corrected chi connectivity index (χ3v) is 4.07. The summed E-state index contributed by atoms with van der Waals surface area (Å²) in [6, 6.07) is 20.2. The number of carbonyl (C=O) groups is 1. The van der Waals surface area contributed by atoms with Crippen LogP contribution in [0.1, 0.15) is 5.56 Å². The molecule has 4 rings (SSSR count). The van der Waals surface area contributed by atoms with Crippen molar-refractivity contribution >= 4 is 11.6 Å². The van der Waals surface area contributed by atoms with E-state index in [4.69, 9.17) is 9.47 Å². The Morgan fingerprint density at radius 1 is 1.00 bits per heavy atom. The Bertz CT molecular complexity index is 1080. The summed E-state index contributed by atoms with van der Waals surface area (Å²) in [6.45, 7) is 0.366. The van der Waals surface area contributed by atoms with E-state index in [1.165, 1.54) is 6.33 Å². The van der Waals surface area contributed by atoms with Gasteiger partial charge in [-0.2, -0.15) is 5.10 Å². The van der Waals surface area contributed by atoms with Crippen molar-refractivity contribution in [2.45, 2.75) is 6.61 Å². The summed E-state index contributed by atoms with van der Waals surface area (Å²) in [5, 5.41) is 6.92. The summed E-state index contributed by atoms with van der Waals surface area (Å²) in [6.07, 6.45) is 4.87. The van der Waals surface area contributed by atoms with E-state index in [9.17, 15) is 4.79 Å². The summed E-state index contributed by atoms with van der Waals surface area (Å²) in [5.74, 6) is 1.35. The highest BCUT2D eigenvalue weighted by Crippen LogP contribution is 2.22. The second-order valence-electron chi connectivity index (χ2n) is 6.32. The molecule has 0 aliphatic rings. The molecule has 8 heteroatoms. The predicted octanol–water partition coefficient (Wildman–Crippen LogP) is 3.61. The van der Waals surface area contributed by atoms with Gasteiger partial charge in [0.05, 0.1) is 6.61 Å². The molecule has 0 aliphatic carbocycles. The minimum absolute atomic E-state index is 0.0235. The fourth-order valence-electron chi connectivity index (χ4n) is 2.68. The minimum Gasteiger partial charge on any atom is -0.439 e. The van der Waals surface area contributed by atoms with Crippen LogP contribution >= 0.6 is 0 Å². The average molecular weight is 401 g/mol. The van der Waals surface area contributed by atoms with E-state index in [0.717, 1.165) is 5.56 Å². The zero-order valence-electron chi connectivity index (χ0n) is 16.0. The number of nitrogens with one attached hydrogen (secondary N) is 1. The maximum atomic E-state index is 12.0. The van der Waals surface area contributed by atoms with Crippen molar-refractivity contribution in [1.82, 2.24) is 19.7 Å². The SMILES string of the molecule is O=C(COCc1ccccc1)Nc1ccc(Oc2cc(-n3cccn3)ncn2)cc1. The maximum absolute atomic E-state index is 12.0. The van der Waals surface area contributed by atoms with Crippen molar-refractivity contribution in [2.24, 2.45) is 0 Å². The molecule has 2 aromatic heterocycles. The van der Waals surface area contributed by atoms with Crippen molar-refractivity contribution in [3.05, 3.63) is 91.0 Å². The number of rotatable bonds is 8. The van der Waals surface area contributed by atoms with Gasteiger partial charge in [-0.1, -0.05) is 30.3 Å². The number of nitrogens with zero attached hydrogens (tertiary/aromatic N) is 4. The van der Waals surface area contributed by atoms with Crippen molar-refractivity contribution in [3.63, 3.8) is 0 Å². The fourth-order valence-corrected chi connectivity index (χ4v) is 2.68. The van der Waals surface area contributed by atoms with Crippen molar-refractivity contribution < 1.29 is 14.3 Å². The zero-order chi connectivity index (χ0) is 20.6. The van der Waals surface area contributed by atoms with Gasteiger partial charge in [0.2, 0.25) is 11.8 Å². The molecule has 2 heterocycles. The summed E-state index contributed by atoms with van der Waals surface area (Å²) in [4.78, 5) is 20.3.